The van der Waals surface area contributed by atoms with Crippen LogP contribution in [0.4, 0.5) is 0 Å². The smallest absolute Gasteiger partial charge is 0.266 e. The number of carbonyl (C=O) groups excluding carboxylic acids is 1. The second-order valence-corrected chi connectivity index (χ2v) is 8.35. The largest absolute Gasteiger partial charge is 0.376 e. The summed E-state index contributed by atoms with van der Waals surface area (Å²) in [7, 11) is 0. The average molecular weight is 383 g/mol. The van der Waals surface area contributed by atoms with Crippen molar-refractivity contribution in [2.45, 2.75) is 44.6 Å². The maximum Gasteiger partial charge on any atom is 0.266 e. The lowest BCUT2D eigenvalue weighted by Gasteiger charge is -2.12. The van der Waals surface area contributed by atoms with E-state index < -0.39 is 0 Å². The van der Waals surface area contributed by atoms with Gasteiger partial charge >= 0.3 is 0 Å². The van der Waals surface area contributed by atoms with E-state index in [1.165, 1.54) is 14.8 Å². The molecular weight excluding hydrogens is 362 g/mol. The predicted molar refractivity (Wildman–Crippen MR) is 105 cm³/mol. The number of aryl methyl sites for hydroxylation is 2. The second-order valence-electron chi connectivity index (χ2n) is 7.27. The summed E-state index contributed by atoms with van der Waals surface area (Å²) in [6, 6.07) is 3.47. The molecule has 4 heterocycles. The zero-order valence-electron chi connectivity index (χ0n) is 15.0. The van der Waals surface area contributed by atoms with E-state index in [0.29, 0.717) is 17.8 Å². The van der Waals surface area contributed by atoms with E-state index in [-0.39, 0.29) is 17.6 Å². The molecular formula is C20H21N3O3S. The van der Waals surface area contributed by atoms with Crippen molar-refractivity contribution in [2.24, 2.45) is 0 Å². The normalized spacial score (nSPS) is 19.5. The zero-order chi connectivity index (χ0) is 18.4. The van der Waals surface area contributed by atoms with Crippen LogP contribution in [0.5, 0.6) is 0 Å². The first-order chi connectivity index (χ1) is 13.2. The fourth-order valence-electron chi connectivity index (χ4n) is 4.13. The molecule has 1 saturated heterocycles. The highest BCUT2D eigenvalue weighted by Crippen LogP contribution is 2.34. The van der Waals surface area contributed by atoms with Crippen LogP contribution in [0, 0.1) is 0 Å². The van der Waals surface area contributed by atoms with Gasteiger partial charge in [0.2, 0.25) is 0 Å². The lowest BCUT2D eigenvalue weighted by Crippen LogP contribution is -2.32. The quantitative estimate of drug-likeness (QED) is 0.755. The van der Waals surface area contributed by atoms with Crippen LogP contribution in [0.25, 0.3) is 15.9 Å². The summed E-state index contributed by atoms with van der Waals surface area (Å²) in [5.41, 5.74) is 1.96. The lowest BCUT2D eigenvalue weighted by molar-refractivity contribution is 0.0858. The van der Waals surface area contributed by atoms with E-state index in [9.17, 15) is 9.59 Å². The summed E-state index contributed by atoms with van der Waals surface area (Å²) in [5, 5.41) is 3.67. The molecule has 5 rings (SSSR count). The summed E-state index contributed by atoms with van der Waals surface area (Å²) in [4.78, 5) is 32.6. The molecule has 7 heteroatoms. The summed E-state index contributed by atoms with van der Waals surface area (Å²) < 4.78 is 7.08. The van der Waals surface area contributed by atoms with Gasteiger partial charge in [-0.05, 0) is 56.2 Å². The van der Waals surface area contributed by atoms with Crippen molar-refractivity contribution in [3.63, 3.8) is 0 Å². The average Bonchev–Trinajstić information content (AvgIpc) is 3.33. The number of pyridine rings is 1. The zero-order valence-corrected chi connectivity index (χ0v) is 15.8. The van der Waals surface area contributed by atoms with Gasteiger partial charge in [-0.3, -0.25) is 14.0 Å². The van der Waals surface area contributed by atoms with Crippen LogP contribution in [0.1, 0.15) is 46.5 Å². The van der Waals surface area contributed by atoms with Crippen molar-refractivity contribution in [3.05, 3.63) is 44.7 Å². The molecule has 3 aromatic heterocycles. The Labute approximate surface area is 160 Å². The Kier molecular flexibility index (Phi) is 4.21. The summed E-state index contributed by atoms with van der Waals surface area (Å²) in [6.07, 6.45) is 8.03. The molecule has 0 radical (unpaired) electrons. The number of hydrogen-bond acceptors (Lipinski definition) is 5. The molecule has 0 bridgehead atoms. The SMILES string of the molecule is O=C(NCC1CCCO1)c1cccn2c(=O)c3c4c(sc3nc12)CCCC4. The number of carbonyl (C=O) groups is 1. The lowest BCUT2D eigenvalue weighted by atomic mass is 9.97. The summed E-state index contributed by atoms with van der Waals surface area (Å²) >= 11 is 1.61. The number of nitrogens with zero attached hydrogens (tertiary/aromatic N) is 2. The Morgan fingerprint density at radius 3 is 3.07 bits per heavy atom. The maximum atomic E-state index is 13.1. The molecule has 27 heavy (non-hydrogen) atoms. The van der Waals surface area contributed by atoms with Crippen molar-refractivity contribution in [1.82, 2.24) is 14.7 Å². The van der Waals surface area contributed by atoms with Gasteiger partial charge in [-0.15, -0.1) is 11.3 Å². The topological polar surface area (TPSA) is 72.7 Å². The third-order valence-corrected chi connectivity index (χ3v) is 6.70. The molecule has 140 valence electrons. The van der Waals surface area contributed by atoms with E-state index in [1.54, 1.807) is 29.7 Å². The minimum absolute atomic E-state index is 0.0665. The number of ether oxygens (including phenoxy) is 1. The Morgan fingerprint density at radius 1 is 1.33 bits per heavy atom. The first-order valence-electron chi connectivity index (χ1n) is 9.58. The minimum atomic E-state index is -0.212. The van der Waals surface area contributed by atoms with E-state index in [1.807, 2.05) is 0 Å². The highest BCUT2D eigenvalue weighted by atomic mass is 32.1. The van der Waals surface area contributed by atoms with Gasteiger partial charge in [0.25, 0.3) is 11.5 Å². The van der Waals surface area contributed by atoms with Crippen LogP contribution >= 0.6 is 11.3 Å². The van der Waals surface area contributed by atoms with Crippen molar-refractivity contribution in [3.8, 4) is 0 Å². The van der Waals surface area contributed by atoms with Crippen LogP contribution in [-0.4, -0.2) is 34.5 Å². The van der Waals surface area contributed by atoms with E-state index in [0.717, 1.165) is 55.3 Å². The van der Waals surface area contributed by atoms with Gasteiger partial charge in [0, 0.05) is 24.2 Å². The molecule has 3 aromatic rings. The third kappa shape index (κ3) is 2.85. The number of hydrogen-bond donors (Lipinski definition) is 1. The first-order valence-corrected chi connectivity index (χ1v) is 10.4. The van der Waals surface area contributed by atoms with Gasteiger partial charge in [0.1, 0.15) is 4.83 Å². The summed E-state index contributed by atoms with van der Waals surface area (Å²) in [5.74, 6) is -0.212. The van der Waals surface area contributed by atoms with Gasteiger partial charge in [0.15, 0.2) is 5.65 Å². The standard InChI is InChI=1S/C20H21N3O3S/c24-18(21-11-12-5-4-10-26-12)14-7-3-9-23-17(14)22-19-16(20(23)25)13-6-1-2-8-15(13)27-19/h3,7,9,12H,1-2,4-6,8,10-11H2,(H,21,24). The van der Waals surface area contributed by atoms with Crippen LogP contribution in [-0.2, 0) is 17.6 Å². The maximum absolute atomic E-state index is 13.1. The minimum Gasteiger partial charge on any atom is -0.376 e. The fraction of sp³-hybridized carbons (Fsp3) is 0.450. The van der Waals surface area contributed by atoms with Gasteiger partial charge in [-0.25, -0.2) is 4.98 Å². The highest BCUT2D eigenvalue weighted by molar-refractivity contribution is 7.18. The number of aromatic nitrogens is 2. The van der Waals surface area contributed by atoms with Gasteiger partial charge < -0.3 is 10.1 Å². The van der Waals surface area contributed by atoms with Crippen molar-refractivity contribution < 1.29 is 9.53 Å². The number of thiophene rings is 1. The second kappa shape index (κ2) is 6.73. The summed E-state index contributed by atoms with van der Waals surface area (Å²) in [6.45, 7) is 1.24. The number of nitrogens with one attached hydrogen (secondary N) is 1. The fourth-order valence-corrected chi connectivity index (χ4v) is 5.38. The molecule has 0 saturated carbocycles. The molecule has 1 fully saturated rings. The molecule has 2 aliphatic rings. The molecule has 1 amide bonds. The first kappa shape index (κ1) is 16.9. The Hall–Kier alpha value is -2.25. The van der Waals surface area contributed by atoms with Crippen LogP contribution < -0.4 is 10.9 Å². The molecule has 6 nitrogen and oxygen atoms in total. The molecule has 1 unspecified atom stereocenters. The molecule has 0 spiro atoms. The Bertz CT molecular complexity index is 1100. The van der Waals surface area contributed by atoms with E-state index >= 15 is 0 Å². The third-order valence-electron chi connectivity index (χ3n) is 5.52. The van der Waals surface area contributed by atoms with E-state index in [2.05, 4.69) is 5.32 Å². The van der Waals surface area contributed by atoms with Gasteiger partial charge in [-0.2, -0.15) is 0 Å². The molecule has 0 aromatic carbocycles. The van der Waals surface area contributed by atoms with Crippen LogP contribution in [0.3, 0.4) is 0 Å². The monoisotopic (exact) mass is 383 g/mol. The van der Waals surface area contributed by atoms with Gasteiger partial charge in [-0.1, -0.05) is 0 Å². The molecule has 1 atom stereocenters. The Morgan fingerprint density at radius 2 is 2.22 bits per heavy atom. The highest BCUT2D eigenvalue weighted by Gasteiger charge is 2.23. The van der Waals surface area contributed by atoms with Gasteiger partial charge in [0.05, 0.1) is 17.1 Å². The van der Waals surface area contributed by atoms with Crippen molar-refractivity contribution in [1.29, 1.82) is 0 Å². The number of fused-ring (bicyclic) bond motifs is 4. The van der Waals surface area contributed by atoms with Crippen LogP contribution in [0.2, 0.25) is 0 Å². The number of amides is 1. The number of rotatable bonds is 3. The van der Waals surface area contributed by atoms with E-state index in [4.69, 9.17) is 9.72 Å². The van der Waals surface area contributed by atoms with Crippen molar-refractivity contribution >= 4 is 33.1 Å². The molecule has 1 aliphatic carbocycles. The van der Waals surface area contributed by atoms with Crippen LogP contribution in [0.15, 0.2) is 23.1 Å². The molecule has 1 N–H and O–H groups in total. The van der Waals surface area contributed by atoms with Crippen molar-refractivity contribution in [2.75, 3.05) is 13.2 Å². The predicted octanol–water partition coefficient (Wildman–Crippen LogP) is 2.70. The Balaban J connectivity index is 1.58. The molecule has 1 aliphatic heterocycles.